The lowest BCUT2D eigenvalue weighted by Gasteiger charge is -2.21. The van der Waals surface area contributed by atoms with Crippen molar-refractivity contribution in [2.24, 2.45) is 11.7 Å². The highest BCUT2D eigenvalue weighted by Crippen LogP contribution is 2.16. The second-order valence-corrected chi connectivity index (χ2v) is 5.16. The monoisotopic (exact) mass is 277 g/mol. The molecule has 1 aliphatic rings. The molecule has 1 aliphatic heterocycles. The van der Waals surface area contributed by atoms with Gasteiger partial charge in [0.25, 0.3) is 0 Å². The minimum Gasteiger partial charge on any atom is -0.381 e. The van der Waals surface area contributed by atoms with E-state index in [-0.39, 0.29) is 6.03 Å². The van der Waals surface area contributed by atoms with Gasteiger partial charge in [-0.25, -0.2) is 4.79 Å². The molecule has 1 atom stereocenters. The third-order valence-corrected chi connectivity index (χ3v) is 3.51. The standard InChI is InChI=1S/C15H23N3O2/c16-10-13-3-1-5-14(9-13)18-15(19)17-7-6-12-4-2-8-20-11-12/h1,3,5,9,12H,2,4,6-8,10-11,16H2,(H2,17,18,19)/t12-/m1/s1. The van der Waals surface area contributed by atoms with Crippen molar-refractivity contribution in [2.75, 3.05) is 25.1 Å². The molecule has 1 aromatic carbocycles. The Hall–Kier alpha value is -1.59. The summed E-state index contributed by atoms with van der Waals surface area (Å²) in [6, 6.07) is 7.39. The van der Waals surface area contributed by atoms with Crippen LogP contribution < -0.4 is 16.4 Å². The number of hydrogen-bond donors (Lipinski definition) is 3. The smallest absolute Gasteiger partial charge is 0.319 e. The maximum atomic E-state index is 11.8. The van der Waals surface area contributed by atoms with Crippen LogP contribution in [0.4, 0.5) is 10.5 Å². The molecule has 0 aliphatic carbocycles. The molecule has 2 rings (SSSR count). The topological polar surface area (TPSA) is 76.4 Å². The Labute approximate surface area is 119 Å². The molecule has 2 amide bonds. The predicted molar refractivity (Wildman–Crippen MR) is 79.5 cm³/mol. The Bertz CT molecular complexity index is 431. The lowest BCUT2D eigenvalue weighted by Crippen LogP contribution is -2.31. The molecule has 0 radical (unpaired) electrons. The number of urea groups is 1. The van der Waals surface area contributed by atoms with E-state index in [1.165, 1.54) is 6.42 Å². The molecule has 1 saturated heterocycles. The van der Waals surface area contributed by atoms with Gasteiger partial charge in [0.05, 0.1) is 0 Å². The van der Waals surface area contributed by atoms with Crippen LogP contribution in [0.2, 0.25) is 0 Å². The Balaban J connectivity index is 1.69. The molecule has 1 aromatic rings. The van der Waals surface area contributed by atoms with Gasteiger partial charge in [0.1, 0.15) is 0 Å². The zero-order valence-electron chi connectivity index (χ0n) is 11.7. The van der Waals surface area contributed by atoms with Gasteiger partial charge in [-0.2, -0.15) is 0 Å². The van der Waals surface area contributed by atoms with Crippen LogP contribution in [0.15, 0.2) is 24.3 Å². The zero-order chi connectivity index (χ0) is 14.2. The van der Waals surface area contributed by atoms with Crippen molar-refractivity contribution < 1.29 is 9.53 Å². The summed E-state index contributed by atoms with van der Waals surface area (Å²) in [6.45, 7) is 2.85. The number of nitrogens with two attached hydrogens (primary N) is 1. The normalized spacial score (nSPS) is 18.6. The third kappa shape index (κ3) is 4.83. The summed E-state index contributed by atoms with van der Waals surface area (Å²) < 4.78 is 5.42. The fourth-order valence-corrected chi connectivity index (χ4v) is 2.38. The number of carbonyl (C=O) groups is 1. The predicted octanol–water partition coefficient (Wildman–Crippen LogP) is 2.08. The summed E-state index contributed by atoms with van der Waals surface area (Å²) >= 11 is 0. The minimum atomic E-state index is -0.170. The highest BCUT2D eigenvalue weighted by Gasteiger charge is 2.13. The number of hydrogen-bond acceptors (Lipinski definition) is 3. The Morgan fingerprint density at radius 1 is 1.45 bits per heavy atom. The summed E-state index contributed by atoms with van der Waals surface area (Å²) in [5.74, 6) is 0.574. The largest absolute Gasteiger partial charge is 0.381 e. The highest BCUT2D eigenvalue weighted by atomic mass is 16.5. The first-order valence-electron chi connectivity index (χ1n) is 7.19. The van der Waals surface area contributed by atoms with Crippen molar-refractivity contribution in [3.8, 4) is 0 Å². The second-order valence-electron chi connectivity index (χ2n) is 5.16. The molecular weight excluding hydrogens is 254 g/mol. The Kier molecular flexibility index (Phi) is 5.83. The molecule has 1 heterocycles. The van der Waals surface area contributed by atoms with Crippen molar-refractivity contribution >= 4 is 11.7 Å². The second kappa shape index (κ2) is 7.87. The van der Waals surface area contributed by atoms with Gasteiger partial charge in [-0.15, -0.1) is 0 Å². The molecular formula is C15H23N3O2. The fraction of sp³-hybridized carbons (Fsp3) is 0.533. The van der Waals surface area contributed by atoms with E-state index in [1.807, 2.05) is 24.3 Å². The molecule has 20 heavy (non-hydrogen) atoms. The van der Waals surface area contributed by atoms with Crippen molar-refractivity contribution in [1.29, 1.82) is 0 Å². The number of anilines is 1. The summed E-state index contributed by atoms with van der Waals surface area (Å²) in [4.78, 5) is 11.8. The minimum absolute atomic E-state index is 0.170. The summed E-state index contributed by atoms with van der Waals surface area (Å²) in [5.41, 5.74) is 7.34. The molecule has 0 bridgehead atoms. The van der Waals surface area contributed by atoms with E-state index in [4.69, 9.17) is 10.5 Å². The molecule has 1 fully saturated rings. The summed E-state index contributed by atoms with van der Waals surface area (Å²) in [5, 5.41) is 5.70. The summed E-state index contributed by atoms with van der Waals surface area (Å²) in [7, 11) is 0. The van der Waals surface area contributed by atoms with Gasteiger partial charge in [0, 0.05) is 32.0 Å². The highest BCUT2D eigenvalue weighted by molar-refractivity contribution is 5.89. The average Bonchev–Trinajstić information content (AvgIpc) is 2.48. The van der Waals surface area contributed by atoms with Crippen LogP contribution in [0.3, 0.4) is 0 Å². The first kappa shape index (κ1) is 14.8. The van der Waals surface area contributed by atoms with E-state index in [1.54, 1.807) is 0 Å². The van der Waals surface area contributed by atoms with Crippen LogP contribution in [0, 0.1) is 5.92 Å². The van der Waals surface area contributed by atoms with Crippen molar-refractivity contribution in [3.05, 3.63) is 29.8 Å². The van der Waals surface area contributed by atoms with Gasteiger partial charge in [-0.1, -0.05) is 12.1 Å². The van der Waals surface area contributed by atoms with Crippen molar-refractivity contribution in [1.82, 2.24) is 5.32 Å². The van der Waals surface area contributed by atoms with Crippen molar-refractivity contribution in [2.45, 2.75) is 25.8 Å². The number of ether oxygens (including phenoxy) is 1. The SMILES string of the molecule is NCc1cccc(NC(=O)NCC[C@H]2CCCOC2)c1. The van der Waals surface area contributed by atoms with Crippen LogP contribution in [-0.2, 0) is 11.3 Å². The van der Waals surface area contributed by atoms with E-state index in [2.05, 4.69) is 10.6 Å². The molecule has 5 heteroatoms. The zero-order valence-corrected chi connectivity index (χ0v) is 11.7. The van der Waals surface area contributed by atoms with E-state index in [0.29, 0.717) is 19.0 Å². The fourth-order valence-electron chi connectivity index (χ4n) is 2.38. The molecule has 110 valence electrons. The van der Waals surface area contributed by atoms with Crippen molar-refractivity contribution in [3.63, 3.8) is 0 Å². The number of benzene rings is 1. The van der Waals surface area contributed by atoms with Gasteiger partial charge in [-0.3, -0.25) is 0 Å². The molecule has 5 nitrogen and oxygen atoms in total. The third-order valence-electron chi connectivity index (χ3n) is 3.51. The lowest BCUT2D eigenvalue weighted by atomic mass is 9.99. The molecule has 0 unspecified atom stereocenters. The van der Waals surface area contributed by atoms with Gasteiger partial charge in [-0.05, 0) is 42.9 Å². The van der Waals surface area contributed by atoms with Gasteiger partial charge in [0.15, 0.2) is 0 Å². The Morgan fingerprint density at radius 3 is 3.10 bits per heavy atom. The molecule has 0 spiro atoms. The Morgan fingerprint density at radius 2 is 2.35 bits per heavy atom. The summed E-state index contributed by atoms with van der Waals surface area (Å²) in [6.07, 6.45) is 3.29. The number of rotatable bonds is 5. The average molecular weight is 277 g/mol. The van der Waals surface area contributed by atoms with Gasteiger partial charge in [0.2, 0.25) is 0 Å². The van der Waals surface area contributed by atoms with Crippen LogP contribution in [-0.4, -0.2) is 25.8 Å². The first-order valence-corrected chi connectivity index (χ1v) is 7.19. The van der Waals surface area contributed by atoms with Crippen LogP contribution in [0.5, 0.6) is 0 Å². The van der Waals surface area contributed by atoms with Gasteiger partial charge < -0.3 is 21.1 Å². The maximum absolute atomic E-state index is 11.8. The number of amides is 2. The molecule has 0 saturated carbocycles. The quantitative estimate of drug-likeness (QED) is 0.771. The van der Waals surface area contributed by atoms with Gasteiger partial charge >= 0.3 is 6.03 Å². The first-order chi connectivity index (χ1) is 9.78. The van der Waals surface area contributed by atoms with Crippen LogP contribution in [0.1, 0.15) is 24.8 Å². The van der Waals surface area contributed by atoms with Crippen LogP contribution >= 0.6 is 0 Å². The number of nitrogens with one attached hydrogen (secondary N) is 2. The lowest BCUT2D eigenvalue weighted by molar-refractivity contribution is 0.0520. The van der Waals surface area contributed by atoms with Crippen LogP contribution in [0.25, 0.3) is 0 Å². The molecule has 4 N–H and O–H groups in total. The number of carbonyl (C=O) groups excluding carboxylic acids is 1. The van der Waals surface area contributed by atoms with E-state index < -0.39 is 0 Å². The van der Waals surface area contributed by atoms with E-state index in [9.17, 15) is 4.79 Å². The van der Waals surface area contributed by atoms with E-state index in [0.717, 1.165) is 37.3 Å². The molecule has 0 aromatic heterocycles. The van der Waals surface area contributed by atoms with E-state index >= 15 is 0 Å². The maximum Gasteiger partial charge on any atom is 0.319 e.